The zero-order chi connectivity index (χ0) is 17.5. The number of nitrogens with zero attached hydrogens (tertiary/aromatic N) is 4. The summed E-state index contributed by atoms with van der Waals surface area (Å²) in [7, 11) is 0. The van der Waals surface area contributed by atoms with Gasteiger partial charge in [0.1, 0.15) is 0 Å². The average molecular weight is 335 g/mol. The van der Waals surface area contributed by atoms with E-state index in [1.165, 1.54) is 5.56 Å². The molecule has 0 saturated carbocycles. The Morgan fingerprint density at radius 2 is 1.76 bits per heavy atom. The van der Waals surface area contributed by atoms with Crippen molar-refractivity contribution in [3.63, 3.8) is 0 Å². The van der Waals surface area contributed by atoms with E-state index >= 15 is 0 Å². The summed E-state index contributed by atoms with van der Waals surface area (Å²) in [6.45, 7) is 2.61. The van der Waals surface area contributed by atoms with Crippen LogP contribution in [0.2, 0.25) is 0 Å². The zero-order valence-corrected chi connectivity index (χ0v) is 14.2. The van der Waals surface area contributed by atoms with Crippen LogP contribution >= 0.6 is 0 Å². The second-order valence-electron chi connectivity index (χ2n) is 5.93. The van der Waals surface area contributed by atoms with Crippen LogP contribution in [-0.2, 0) is 24.2 Å². The Morgan fingerprint density at radius 3 is 2.48 bits per heavy atom. The van der Waals surface area contributed by atoms with Crippen LogP contribution in [0.25, 0.3) is 0 Å². The summed E-state index contributed by atoms with van der Waals surface area (Å²) in [6.07, 6.45) is 0.986. The Bertz CT molecular complexity index is 801. The van der Waals surface area contributed by atoms with Crippen molar-refractivity contribution in [3.05, 3.63) is 77.6 Å². The topological polar surface area (TPSA) is 72.7 Å². The fourth-order valence-electron chi connectivity index (χ4n) is 2.66. The number of nitrogens with one attached hydrogen (secondary N) is 1. The Balaban J connectivity index is 1.56. The van der Waals surface area contributed by atoms with Gasteiger partial charge in [0.05, 0.1) is 12.5 Å². The lowest BCUT2D eigenvalue weighted by Crippen LogP contribution is -2.29. The van der Waals surface area contributed by atoms with Crippen LogP contribution in [-0.4, -0.2) is 26.1 Å². The quantitative estimate of drug-likeness (QED) is 0.719. The van der Waals surface area contributed by atoms with E-state index in [-0.39, 0.29) is 18.4 Å². The fourth-order valence-corrected chi connectivity index (χ4v) is 2.66. The predicted molar refractivity (Wildman–Crippen MR) is 94.7 cm³/mol. The molecule has 6 heteroatoms. The fraction of sp³-hybridized carbons (Fsp3) is 0.263. The second-order valence-corrected chi connectivity index (χ2v) is 5.93. The molecule has 1 unspecified atom stereocenters. The van der Waals surface area contributed by atoms with Gasteiger partial charge in [0.15, 0.2) is 5.82 Å². The third-order valence-electron chi connectivity index (χ3n) is 4.06. The van der Waals surface area contributed by atoms with Gasteiger partial charge in [-0.25, -0.2) is 4.68 Å². The minimum atomic E-state index is -0.0906. The lowest BCUT2D eigenvalue weighted by molar-refractivity contribution is -0.121. The number of amides is 1. The highest BCUT2D eigenvalue weighted by atomic mass is 16.1. The van der Waals surface area contributed by atoms with Gasteiger partial charge in [-0.05, 0) is 34.9 Å². The van der Waals surface area contributed by atoms with E-state index in [4.69, 9.17) is 0 Å². The first-order valence-corrected chi connectivity index (χ1v) is 8.35. The van der Waals surface area contributed by atoms with Gasteiger partial charge in [-0.1, -0.05) is 60.7 Å². The van der Waals surface area contributed by atoms with E-state index in [0.717, 1.165) is 12.0 Å². The van der Waals surface area contributed by atoms with Gasteiger partial charge in [0.25, 0.3) is 0 Å². The largest absolute Gasteiger partial charge is 0.349 e. The molecule has 1 atom stereocenters. The van der Waals surface area contributed by atoms with Crippen molar-refractivity contribution < 1.29 is 4.79 Å². The zero-order valence-electron chi connectivity index (χ0n) is 14.2. The monoisotopic (exact) mass is 335 g/mol. The Labute approximate surface area is 146 Å². The molecule has 0 aliphatic rings. The Kier molecular flexibility index (Phi) is 5.51. The molecule has 0 spiro atoms. The first-order chi connectivity index (χ1) is 12.2. The molecule has 2 aromatic carbocycles. The van der Waals surface area contributed by atoms with Crippen molar-refractivity contribution in [3.8, 4) is 0 Å². The number of hydrogen-bond donors (Lipinski definition) is 1. The van der Waals surface area contributed by atoms with E-state index in [1.807, 2.05) is 55.5 Å². The highest BCUT2D eigenvalue weighted by Gasteiger charge is 2.14. The molecule has 3 rings (SSSR count). The summed E-state index contributed by atoms with van der Waals surface area (Å²) in [4.78, 5) is 12.3. The maximum atomic E-state index is 12.3. The van der Waals surface area contributed by atoms with Crippen LogP contribution in [0.3, 0.4) is 0 Å². The van der Waals surface area contributed by atoms with E-state index in [1.54, 1.807) is 4.68 Å². The van der Waals surface area contributed by atoms with Gasteiger partial charge in [-0.15, -0.1) is 5.10 Å². The van der Waals surface area contributed by atoms with Crippen LogP contribution in [0.1, 0.15) is 29.9 Å². The van der Waals surface area contributed by atoms with Crippen LogP contribution < -0.4 is 5.32 Å². The molecule has 1 N–H and O–H groups in total. The van der Waals surface area contributed by atoms with E-state index in [9.17, 15) is 4.79 Å². The molecule has 0 fully saturated rings. The van der Waals surface area contributed by atoms with Gasteiger partial charge in [-0.3, -0.25) is 4.79 Å². The van der Waals surface area contributed by atoms with Crippen molar-refractivity contribution in [1.82, 2.24) is 25.5 Å². The molecule has 128 valence electrons. The normalized spacial score (nSPS) is 11.9. The average Bonchev–Trinajstić information content (AvgIpc) is 3.08. The molecule has 1 aromatic heterocycles. The van der Waals surface area contributed by atoms with Crippen molar-refractivity contribution in [2.45, 2.75) is 32.4 Å². The third-order valence-corrected chi connectivity index (χ3v) is 4.06. The van der Waals surface area contributed by atoms with Gasteiger partial charge in [0, 0.05) is 6.54 Å². The molecule has 0 bridgehead atoms. The minimum absolute atomic E-state index is 0.0534. The summed E-state index contributed by atoms with van der Waals surface area (Å²) >= 11 is 0. The van der Waals surface area contributed by atoms with Crippen LogP contribution in [0.4, 0.5) is 0 Å². The van der Waals surface area contributed by atoms with E-state index in [0.29, 0.717) is 12.4 Å². The number of rotatable bonds is 7. The van der Waals surface area contributed by atoms with Gasteiger partial charge in [-0.2, -0.15) is 0 Å². The van der Waals surface area contributed by atoms with Crippen LogP contribution in [0, 0.1) is 0 Å². The van der Waals surface area contributed by atoms with Gasteiger partial charge in [0.2, 0.25) is 5.91 Å². The van der Waals surface area contributed by atoms with Gasteiger partial charge < -0.3 is 5.32 Å². The first-order valence-electron chi connectivity index (χ1n) is 8.35. The first kappa shape index (κ1) is 16.8. The minimum Gasteiger partial charge on any atom is -0.349 e. The molecule has 1 heterocycles. The molecule has 0 saturated heterocycles. The van der Waals surface area contributed by atoms with Crippen LogP contribution in [0.15, 0.2) is 60.7 Å². The molecule has 0 radical (unpaired) electrons. The number of carbonyl (C=O) groups is 1. The SMILES string of the molecule is CC(NC(=O)Cc1nnnn1CCc1ccccc1)c1ccccc1. The van der Waals surface area contributed by atoms with E-state index in [2.05, 4.69) is 33.0 Å². The summed E-state index contributed by atoms with van der Waals surface area (Å²) in [5.74, 6) is 0.487. The highest BCUT2D eigenvalue weighted by Crippen LogP contribution is 2.11. The molecular formula is C19H21N5O. The summed E-state index contributed by atoms with van der Waals surface area (Å²) < 4.78 is 1.69. The molecule has 6 nitrogen and oxygen atoms in total. The van der Waals surface area contributed by atoms with Gasteiger partial charge >= 0.3 is 0 Å². The lowest BCUT2D eigenvalue weighted by atomic mass is 10.1. The number of tetrazole rings is 1. The predicted octanol–water partition coefficient (Wildman–Crippen LogP) is 2.34. The molecule has 0 aliphatic carbocycles. The molecule has 3 aromatic rings. The van der Waals surface area contributed by atoms with Crippen molar-refractivity contribution in [2.75, 3.05) is 0 Å². The summed E-state index contributed by atoms with van der Waals surface area (Å²) in [5, 5.41) is 14.7. The summed E-state index contributed by atoms with van der Waals surface area (Å²) in [6, 6.07) is 20.0. The van der Waals surface area contributed by atoms with Crippen molar-refractivity contribution >= 4 is 5.91 Å². The van der Waals surface area contributed by atoms with Crippen molar-refractivity contribution in [1.29, 1.82) is 0 Å². The Hall–Kier alpha value is -3.02. The van der Waals surface area contributed by atoms with Crippen molar-refractivity contribution in [2.24, 2.45) is 0 Å². The standard InChI is InChI=1S/C19H21N5O/c1-15(17-10-6-3-7-11-17)20-19(25)14-18-21-22-23-24(18)13-12-16-8-4-2-5-9-16/h2-11,15H,12-14H2,1H3,(H,20,25). The third kappa shape index (κ3) is 4.73. The number of hydrogen-bond acceptors (Lipinski definition) is 4. The molecule has 1 amide bonds. The number of benzene rings is 2. The molecule has 25 heavy (non-hydrogen) atoms. The second kappa shape index (κ2) is 8.19. The maximum absolute atomic E-state index is 12.3. The van der Waals surface area contributed by atoms with E-state index < -0.39 is 0 Å². The summed E-state index contributed by atoms with van der Waals surface area (Å²) in [5.41, 5.74) is 2.28. The lowest BCUT2D eigenvalue weighted by Gasteiger charge is -2.14. The molecule has 0 aliphatic heterocycles. The number of aromatic nitrogens is 4. The number of carbonyl (C=O) groups excluding carboxylic acids is 1. The Morgan fingerprint density at radius 1 is 1.08 bits per heavy atom. The smallest absolute Gasteiger partial charge is 0.228 e. The highest BCUT2D eigenvalue weighted by molar-refractivity contribution is 5.78. The number of aryl methyl sites for hydroxylation is 2. The maximum Gasteiger partial charge on any atom is 0.228 e. The molecular weight excluding hydrogens is 314 g/mol. The van der Waals surface area contributed by atoms with Crippen LogP contribution in [0.5, 0.6) is 0 Å².